The molecular formula is C34H38O2. The first-order chi connectivity index (χ1) is 17.0. The van der Waals surface area contributed by atoms with Gasteiger partial charge in [-0.2, -0.15) is 0 Å². The molecule has 0 spiro atoms. The maximum atomic E-state index is 6.10. The fraction of sp³-hybridized carbons (Fsp3) is 0.294. The van der Waals surface area contributed by atoms with Crippen LogP contribution in [-0.2, 0) is 10.8 Å². The summed E-state index contributed by atoms with van der Waals surface area (Å²) in [5.74, 6) is 3.90. The summed E-state index contributed by atoms with van der Waals surface area (Å²) in [7, 11) is 0. The van der Waals surface area contributed by atoms with Crippen molar-refractivity contribution in [2.45, 2.75) is 65.2 Å². The van der Waals surface area contributed by atoms with Crippen LogP contribution in [0.15, 0.2) is 97.1 Å². The lowest BCUT2D eigenvalue weighted by Gasteiger charge is -2.26. The van der Waals surface area contributed by atoms with E-state index in [1.807, 2.05) is 48.5 Å². The van der Waals surface area contributed by atoms with Crippen LogP contribution in [0.5, 0.6) is 23.0 Å². The fourth-order valence-electron chi connectivity index (χ4n) is 4.26. The summed E-state index contributed by atoms with van der Waals surface area (Å²) in [6.07, 6.45) is 0. The molecule has 2 heteroatoms. The zero-order chi connectivity index (χ0) is 25.9. The molecule has 0 fully saturated rings. The Bertz CT molecular complexity index is 1260. The molecule has 0 saturated heterocycles. The fourth-order valence-corrected chi connectivity index (χ4v) is 4.26. The first-order valence-corrected chi connectivity index (χ1v) is 12.8. The van der Waals surface area contributed by atoms with Crippen LogP contribution in [0.25, 0.3) is 0 Å². The largest absolute Gasteiger partial charge is 0.457 e. The Balaban J connectivity index is 1.42. The molecule has 0 aromatic heterocycles. The number of ether oxygens (including phenoxy) is 2. The van der Waals surface area contributed by atoms with Gasteiger partial charge in [-0.3, -0.25) is 0 Å². The highest BCUT2D eigenvalue weighted by Crippen LogP contribution is 2.35. The summed E-state index contributed by atoms with van der Waals surface area (Å²) in [6.45, 7) is 15.5. The summed E-state index contributed by atoms with van der Waals surface area (Å²) < 4.78 is 12.2. The Morgan fingerprint density at radius 3 is 1.06 bits per heavy atom. The lowest BCUT2D eigenvalue weighted by Crippen LogP contribution is -2.18. The molecule has 0 saturated carbocycles. The molecule has 0 N–H and O–H groups in total. The summed E-state index contributed by atoms with van der Waals surface area (Å²) in [5, 5.41) is 0. The van der Waals surface area contributed by atoms with Gasteiger partial charge in [0.2, 0.25) is 0 Å². The van der Waals surface area contributed by atoms with E-state index >= 15 is 0 Å². The Kier molecular flexibility index (Phi) is 7.26. The lowest BCUT2D eigenvalue weighted by atomic mass is 9.78. The van der Waals surface area contributed by atoms with E-state index in [2.05, 4.69) is 97.0 Å². The van der Waals surface area contributed by atoms with E-state index in [9.17, 15) is 0 Å². The van der Waals surface area contributed by atoms with Gasteiger partial charge in [0.25, 0.3) is 0 Å². The molecule has 0 radical (unpaired) electrons. The van der Waals surface area contributed by atoms with Gasteiger partial charge in [0.15, 0.2) is 0 Å². The molecule has 0 aliphatic heterocycles. The van der Waals surface area contributed by atoms with Gasteiger partial charge in [0.1, 0.15) is 23.0 Å². The highest BCUT2D eigenvalue weighted by atomic mass is 16.5. The van der Waals surface area contributed by atoms with Crippen molar-refractivity contribution in [1.29, 1.82) is 0 Å². The molecule has 0 bridgehead atoms. The standard InChI is InChI=1S/C34H38O2/c1-24(2)25-8-16-29(17-9-25)35-31-20-12-27(13-21-31)34(6,7)28-14-22-32(23-15-28)36-30-18-10-26(11-19-30)33(3,4)5/h8-24H,1-7H3. The van der Waals surface area contributed by atoms with E-state index < -0.39 is 0 Å². The van der Waals surface area contributed by atoms with Crippen molar-refractivity contribution >= 4 is 0 Å². The highest BCUT2D eigenvalue weighted by molar-refractivity contribution is 5.44. The first kappa shape index (κ1) is 25.6. The van der Waals surface area contributed by atoms with Crippen LogP contribution in [0.3, 0.4) is 0 Å². The van der Waals surface area contributed by atoms with Crippen molar-refractivity contribution in [2.75, 3.05) is 0 Å². The van der Waals surface area contributed by atoms with Crippen molar-refractivity contribution < 1.29 is 9.47 Å². The Morgan fingerprint density at radius 2 is 0.750 bits per heavy atom. The third-order valence-corrected chi connectivity index (χ3v) is 6.89. The SMILES string of the molecule is CC(C)c1ccc(Oc2ccc(C(C)(C)c3ccc(Oc4ccc(C(C)(C)C)cc4)cc3)cc2)cc1. The molecule has 36 heavy (non-hydrogen) atoms. The van der Waals surface area contributed by atoms with Crippen LogP contribution in [0, 0.1) is 0 Å². The minimum absolute atomic E-state index is 0.134. The minimum Gasteiger partial charge on any atom is -0.457 e. The van der Waals surface area contributed by atoms with Crippen LogP contribution in [0.1, 0.15) is 76.6 Å². The number of hydrogen-bond acceptors (Lipinski definition) is 2. The Labute approximate surface area is 216 Å². The first-order valence-electron chi connectivity index (χ1n) is 12.8. The number of benzene rings is 4. The van der Waals surface area contributed by atoms with Gasteiger partial charge in [0, 0.05) is 5.41 Å². The van der Waals surface area contributed by atoms with E-state index in [4.69, 9.17) is 9.47 Å². The van der Waals surface area contributed by atoms with Crippen LogP contribution >= 0.6 is 0 Å². The van der Waals surface area contributed by atoms with Crippen molar-refractivity contribution in [3.05, 3.63) is 119 Å². The van der Waals surface area contributed by atoms with Crippen molar-refractivity contribution in [1.82, 2.24) is 0 Å². The topological polar surface area (TPSA) is 18.5 Å². The van der Waals surface area contributed by atoms with Gasteiger partial charge in [-0.1, -0.05) is 97.0 Å². The third kappa shape index (κ3) is 5.99. The number of hydrogen-bond donors (Lipinski definition) is 0. The molecule has 4 aromatic carbocycles. The Hall–Kier alpha value is -3.52. The summed E-state index contributed by atoms with van der Waals surface area (Å²) in [6, 6.07) is 33.5. The molecule has 0 heterocycles. The molecular weight excluding hydrogens is 440 g/mol. The second-order valence-electron chi connectivity index (χ2n) is 11.4. The summed E-state index contributed by atoms with van der Waals surface area (Å²) in [4.78, 5) is 0. The normalized spacial score (nSPS) is 12.0. The smallest absolute Gasteiger partial charge is 0.127 e. The maximum absolute atomic E-state index is 6.10. The van der Waals surface area contributed by atoms with Crippen molar-refractivity contribution in [2.24, 2.45) is 0 Å². The van der Waals surface area contributed by atoms with Gasteiger partial charge in [-0.15, -0.1) is 0 Å². The monoisotopic (exact) mass is 478 g/mol. The molecule has 0 aliphatic rings. The average molecular weight is 479 g/mol. The minimum atomic E-state index is -0.148. The third-order valence-electron chi connectivity index (χ3n) is 6.89. The molecule has 0 amide bonds. The predicted molar refractivity (Wildman–Crippen MR) is 151 cm³/mol. The average Bonchev–Trinajstić information content (AvgIpc) is 2.85. The van der Waals surface area contributed by atoms with E-state index in [-0.39, 0.29) is 10.8 Å². The molecule has 186 valence electrons. The van der Waals surface area contributed by atoms with Gasteiger partial charge < -0.3 is 9.47 Å². The summed E-state index contributed by atoms with van der Waals surface area (Å²) in [5.41, 5.74) is 5.06. The van der Waals surface area contributed by atoms with Crippen LogP contribution < -0.4 is 9.47 Å². The maximum Gasteiger partial charge on any atom is 0.127 e. The highest BCUT2D eigenvalue weighted by Gasteiger charge is 2.23. The molecule has 2 nitrogen and oxygen atoms in total. The predicted octanol–water partition coefficient (Wildman–Crippen LogP) is 10.0. The van der Waals surface area contributed by atoms with Crippen LogP contribution in [0.4, 0.5) is 0 Å². The van der Waals surface area contributed by atoms with E-state index in [1.165, 1.54) is 22.3 Å². The van der Waals surface area contributed by atoms with Gasteiger partial charge in [0.05, 0.1) is 0 Å². The molecule has 4 rings (SSSR count). The zero-order valence-corrected chi connectivity index (χ0v) is 22.6. The van der Waals surface area contributed by atoms with E-state index in [1.54, 1.807) is 0 Å². The zero-order valence-electron chi connectivity index (χ0n) is 22.6. The van der Waals surface area contributed by atoms with Gasteiger partial charge in [-0.25, -0.2) is 0 Å². The second-order valence-corrected chi connectivity index (χ2v) is 11.4. The molecule has 0 aliphatic carbocycles. The number of rotatable bonds is 7. The van der Waals surface area contributed by atoms with Crippen molar-refractivity contribution in [3.63, 3.8) is 0 Å². The molecule has 0 unspecified atom stereocenters. The van der Waals surface area contributed by atoms with E-state index in [0.717, 1.165) is 23.0 Å². The van der Waals surface area contributed by atoms with Crippen molar-refractivity contribution in [3.8, 4) is 23.0 Å². The Morgan fingerprint density at radius 1 is 0.444 bits per heavy atom. The van der Waals surface area contributed by atoms with E-state index in [0.29, 0.717) is 5.92 Å². The van der Waals surface area contributed by atoms with Crippen LogP contribution in [-0.4, -0.2) is 0 Å². The quantitative estimate of drug-likeness (QED) is 0.263. The molecule has 4 aromatic rings. The lowest BCUT2D eigenvalue weighted by molar-refractivity contribution is 0.480. The second kappa shape index (κ2) is 10.2. The van der Waals surface area contributed by atoms with Gasteiger partial charge in [-0.05, 0) is 82.1 Å². The van der Waals surface area contributed by atoms with Crippen LogP contribution in [0.2, 0.25) is 0 Å². The molecule has 0 atom stereocenters. The van der Waals surface area contributed by atoms with Gasteiger partial charge >= 0.3 is 0 Å². The summed E-state index contributed by atoms with van der Waals surface area (Å²) >= 11 is 0.